The number of esters is 1. The Morgan fingerprint density at radius 2 is 1.86 bits per heavy atom. The van der Waals surface area contributed by atoms with Gasteiger partial charge in [0, 0.05) is 17.1 Å². The van der Waals surface area contributed by atoms with Crippen LogP contribution < -0.4 is 5.32 Å². The average molecular weight is 311 g/mol. The Labute approximate surface area is 131 Å². The Morgan fingerprint density at radius 3 is 2.33 bits per heavy atom. The summed E-state index contributed by atoms with van der Waals surface area (Å²) in [7, 11) is 1.78. The number of aryl methyl sites for hydroxylation is 2. The molecule has 0 saturated heterocycles. The van der Waals surface area contributed by atoms with E-state index < -0.39 is 5.54 Å². The molecule has 6 heteroatoms. The zero-order chi connectivity index (χ0) is 16.0. The van der Waals surface area contributed by atoms with E-state index in [0.717, 1.165) is 27.9 Å². The molecule has 1 heterocycles. The van der Waals surface area contributed by atoms with Crippen molar-refractivity contribution in [1.29, 1.82) is 0 Å². The number of carbonyl (C=O) groups is 1. The summed E-state index contributed by atoms with van der Waals surface area (Å²) in [6.45, 7) is 10.1. The third-order valence-corrected chi connectivity index (χ3v) is 4.57. The molecule has 118 valence electrons. The minimum atomic E-state index is -0.669. The van der Waals surface area contributed by atoms with E-state index in [1.807, 2.05) is 34.6 Å². The Kier molecular flexibility index (Phi) is 6.61. The van der Waals surface area contributed by atoms with Crippen LogP contribution in [0.1, 0.15) is 37.2 Å². The molecule has 0 aromatic carbocycles. The Hall–Kier alpha value is -1.14. The molecule has 21 heavy (non-hydrogen) atoms. The number of hydrogen-bond donors (Lipinski definition) is 1. The van der Waals surface area contributed by atoms with Crippen LogP contribution >= 0.6 is 11.8 Å². The second-order valence-corrected chi connectivity index (χ2v) is 6.27. The first-order valence-electron chi connectivity index (χ1n) is 7.14. The number of nitrogens with zero attached hydrogens (tertiary/aromatic N) is 2. The van der Waals surface area contributed by atoms with Crippen LogP contribution in [-0.2, 0) is 9.53 Å². The molecule has 1 aromatic heterocycles. The van der Waals surface area contributed by atoms with Gasteiger partial charge in [-0.1, -0.05) is 11.8 Å². The molecule has 1 N–H and O–H groups in total. The van der Waals surface area contributed by atoms with Crippen LogP contribution in [0.5, 0.6) is 0 Å². The van der Waals surface area contributed by atoms with Gasteiger partial charge in [0.1, 0.15) is 5.54 Å². The molecule has 0 saturated carbocycles. The highest BCUT2D eigenvalue weighted by Gasteiger charge is 2.32. The molecule has 5 nitrogen and oxygen atoms in total. The number of hydrogen-bond acceptors (Lipinski definition) is 6. The van der Waals surface area contributed by atoms with Crippen molar-refractivity contribution in [3.8, 4) is 0 Å². The molecule has 0 radical (unpaired) electrons. The number of aromatic nitrogens is 2. The number of thioether (sulfide) groups is 1. The van der Waals surface area contributed by atoms with E-state index >= 15 is 0 Å². The monoisotopic (exact) mass is 311 g/mol. The summed E-state index contributed by atoms with van der Waals surface area (Å²) in [6.07, 6.45) is 0.655. The minimum Gasteiger partial charge on any atom is -0.465 e. The second-order valence-electron chi connectivity index (χ2n) is 5.20. The maximum atomic E-state index is 12.0. The zero-order valence-electron chi connectivity index (χ0n) is 13.7. The number of carbonyl (C=O) groups excluding carboxylic acids is 1. The van der Waals surface area contributed by atoms with Gasteiger partial charge >= 0.3 is 5.97 Å². The molecule has 0 aliphatic carbocycles. The Bertz CT molecular complexity index is 485. The van der Waals surface area contributed by atoms with Crippen LogP contribution in [0.15, 0.2) is 5.16 Å². The van der Waals surface area contributed by atoms with Crippen LogP contribution in [0.4, 0.5) is 0 Å². The molecule has 0 amide bonds. The van der Waals surface area contributed by atoms with Gasteiger partial charge in [-0.25, -0.2) is 9.97 Å². The average Bonchev–Trinajstić information content (AvgIpc) is 2.44. The maximum absolute atomic E-state index is 12.0. The predicted molar refractivity (Wildman–Crippen MR) is 85.7 cm³/mol. The lowest BCUT2D eigenvalue weighted by molar-refractivity contribution is -0.150. The predicted octanol–water partition coefficient (Wildman–Crippen LogP) is 2.43. The largest absolute Gasteiger partial charge is 0.465 e. The topological polar surface area (TPSA) is 64.1 Å². The Morgan fingerprint density at radius 1 is 1.29 bits per heavy atom. The van der Waals surface area contributed by atoms with Crippen molar-refractivity contribution in [3.05, 3.63) is 17.0 Å². The molecule has 0 bridgehead atoms. The molecule has 0 fully saturated rings. The van der Waals surface area contributed by atoms with Crippen LogP contribution in [0.3, 0.4) is 0 Å². The number of rotatable bonds is 7. The maximum Gasteiger partial charge on any atom is 0.326 e. The van der Waals surface area contributed by atoms with E-state index in [1.54, 1.807) is 18.8 Å². The summed E-state index contributed by atoms with van der Waals surface area (Å²) in [5, 5.41) is 3.81. The Balaban J connectivity index is 2.65. The molecule has 1 aromatic rings. The second kappa shape index (κ2) is 7.75. The standard InChI is InChI=1S/C15H25N3O2S/c1-7-20-13(19)15(5,16-6)8-9-21-14-17-11(3)10(2)12(4)18-14/h16H,7-9H2,1-6H3. The summed E-state index contributed by atoms with van der Waals surface area (Å²) >= 11 is 1.57. The molecular formula is C15H25N3O2S. The van der Waals surface area contributed by atoms with Gasteiger partial charge in [0.15, 0.2) is 5.16 Å². The van der Waals surface area contributed by atoms with E-state index in [0.29, 0.717) is 13.0 Å². The fraction of sp³-hybridized carbons (Fsp3) is 0.667. The van der Waals surface area contributed by atoms with Crippen molar-refractivity contribution in [1.82, 2.24) is 15.3 Å². The van der Waals surface area contributed by atoms with E-state index in [-0.39, 0.29) is 5.97 Å². The van der Waals surface area contributed by atoms with E-state index in [4.69, 9.17) is 4.74 Å². The smallest absolute Gasteiger partial charge is 0.326 e. The highest BCUT2D eigenvalue weighted by molar-refractivity contribution is 7.99. The first-order chi connectivity index (χ1) is 9.84. The van der Waals surface area contributed by atoms with E-state index in [1.165, 1.54) is 0 Å². The summed E-state index contributed by atoms with van der Waals surface area (Å²) in [5.74, 6) is 0.531. The lowest BCUT2D eigenvalue weighted by Gasteiger charge is -2.26. The van der Waals surface area contributed by atoms with Crippen molar-refractivity contribution in [3.63, 3.8) is 0 Å². The highest BCUT2D eigenvalue weighted by atomic mass is 32.2. The van der Waals surface area contributed by atoms with Crippen molar-refractivity contribution < 1.29 is 9.53 Å². The number of likely N-dealkylation sites (N-methyl/N-ethyl adjacent to an activating group) is 1. The molecular weight excluding hydrogens is 286 g/mol. The van der Waals surface area contributed by atoms with Crippen LogP contribution in [0.2, 0.25) is 0 Å². The van der Waals surface area contributed by atoms with Crippen molar-refractivity contribution in [2.75, 3.05) is 19.4 Å². The van der Waals surface area contributed by atoms with Crippen LogP contribution in [0.25, 0.3) is 0 Å². The quantitative estimate of drug-likeness (QED) is 0.474. The SMILES string of the molecule is CCOC(=O)C(C)(CCSc1nc(C)c(C)c(C)n1)NC. The summed E-state index contributed by atoms with van der Waals surface area (Å²) in [4.78, 5) is 20.9. The molecule has 0 spiro atoms. The summed E-state index contributed by atoms with van der Waals surface area (Å²) in [6, 6.07) is 0. The van der Waals surface area contributed by atoms with Gasteiger partial charge in [0.05, 0.1) is 6.61 Å². The fourth-order valence-corrected chi connectivity index (χ4v) is 2.87. The van der Waals surface area contributed by atoms with Gasteiger partial charge in [-0.3, -0.25) is 4.79 Å². The van der Waals surface area contributed by atoms with Crippen molar-refractivity contribution in [2.45, 2.75) is 51.7 Å². The molecule has 1 atom stereocenters. The van der Waals surface area contributed by atoms with E-state index in [2.05, 4.69) is 15.3 Å². The van der Waals surface area contributed by atoms with Gasteiger partial charge in [0.2, 0.25) is 0 Å². The lowest BCUT2D eigenvalue weighted by atomic mass is 10.00. The van der Waals surface area contributed by atoms with Crippen LogP contribution in [-0.4, -0.2) is 40.9 Å². The lowest BCUT2D eigenvalue weighted by Crippen LogP contribution is -2.49. The van der Waals surface area contributed by atoms with Gasteiger partial charge < -0.3 is 10.1 Å². The third kappa shape index (κ3) is 4.68. The van der Waals surface area contributed by atoms with Gasteiger partial charge in [-0.05, 0) is 53.7 Å². The van der Waals surface area contributed by atoms with Crippen LogP contribution in [0, 0.1) is 20.8 Å². The van der Waals surface area contributed by atoms with Gasteiger partial charge in [-0.2, -0.15) is 0 Å². The minimum absolute atomic E-state index is 0.217. The highest BCUT2D eigenvalue weighted by Crippen LogP contribution is 2.21. The fourth-order valence-electron chi connectivity index (χ4n) is 1.77. The number of nitrogens with one attached hydrogen (secondary N) is 1. The van der Waals surface area contributed by atoms with Gasteiger partial charge in [-0.15, -0.1) is 0 Å². The first kappa shape index (κ1) is 17.9. The molecule has 0 aliphatic heterocycles. The van der Waals surface area contributed by atoms with Gasteiger partial charge in [0.25, 0.3) is 0 Å². The zero-order valence-corrected chi connectivity index (χ0v) is 14.6. The number of ether oxygens (including phenoxy) is 1. The summed E-state index contributed by atoms with van der Waals surface area (Å²) < 4.78 is 5.11. The third-order valence-electron chi connectivity index (χ3n) is 3.72. The molecule has 1 unspecified atom stereocenters. The van der Waals surface area contributed by atoms with E-state index in [9.17, 15) is 4.79 Å². The van der Waals surface area contributed by atoms with Crippen molar-refractivity contribution >= 4 is 17.7 Å². The summed E-state index contributed by atoms with van der Waals surface area (Å²) in [5.41, 5.74) is 2.47. The molecule has 1 rings (SSSR count). The van der Waals surface area contributed by atoms with Crippen molar-refractivity contribution in [2.24, 2.45) is 0 Å². The normalized spacial score (nSPS) is 13.8. The first-order valence-corrected chi connectivity index (χ1v) is 8.13. The molecule has 0 aliphatic rings.